The van der Waals surface area contributed by atoms with Crippen LogP contribution in [0.15, 0.2) is 18.2 Å². The van der Waals surface area contributed by atoms with E-state index in [1.807, 2.05) is 6.07 Å². The highest BCUT2D eigenvalue weighted by Crippen LogP contribution is 2.43. The number of aliphatic carboxylic acids is 1. The van der Waals surface area contributed by atoms with Gasteiger partial charge in [-0.15, -0.1) is 0 Å². The average molecular weight is 374 g/mol. The number of hydrogen-bond donors (Lipinski definition) is 1. The highest BCUT2D eigenvalue weighted by Gasteiger charge is 2.48. The monoisotopic (exact) mass is 374 g/mol. The van der Waals surface area contributed by atoms with Gasteiger partial charge in [0.25, 0.3) is 0 Å². The van der Waals surface area contributed by atoms with Crippen LogP contribution in [0.5, 0.6) is 5.75 Å². The molecule has 6 nitrogen and oxygen atoms in total. The molecular weight excluding hydrogens is 344 g/mol. The van der Waals surface area contributed by atoms with Gasteiger partial charge in [0.2, 0.25) is 5.91 Å². The van der Waals surface area contributed by atoms with Crippen molar-refractivity contribution >= 4 is 11.9 Å². The molecule has 1 atom stereocenters. The van der Waals surface area contributed by atoms with Crippen LogP contribution in [0.25, 0.3) is 0 Å². The first-order valence-electron chi connectivity index (χ1n) is 9.72. The molecule has 2 aliphatic heterocycles. The minimum Gasteiger partial charge on any atom is -0.492 e. The summed E-state index contributed by atoms with van der Waals surface area (Å²) < 4.78 is 5.94. The first-order chi connectivity index (χ1) is 12.8. The molecule has 0 unspecified atom stereocenters. The Morgan fingerprint density at radius 3 is 2.52 bits per heavy atom. The Balaban J connectivity index is 1.49. The van der Waals surface area contributed by atoms with Crippen LogP contribution in [-0.4, -0.2) is 65.6 Å². The van der Waals surface area contributed by atoms with Gasteiger partial charge < -0.3 is 14.7 Å². The number of rotatable bonds is 5. The Kier molecular flexibility index (Phi) is 5.75. The van der Waals surface area contributed by atoms with Gasteiger partial charge in [-0.25, -0.2) is 4.79 Å². The zero-order valence-corrected chi connectivity index (χ0v) is 16.5. The van der Waals surface area contributed by atoms with E-state index < -0.39 is 12.0 Å². The quantitative estimate of drug-likeness (QED) is 0.857. The highest BCUT2D eigenvalue weighted by atomic mass is 16.5. The molecule has 1 aromatic carbocycles. The SMILES string of the molecule is CC(=O)N1CC2(CCN(CCOc3ccc(C)cc3C)CC2)C[C@H]1C(=O)O. The molecule has 2 aliphatic rings. The molecule has 0 aromatic heterocycles. The number of carboxylic acid groups (broad SMARTS) is 1. The molecule has 1 N–H and O–H groups in total. The van der Waals surface area contributed by atoms with Crippen molar-refractivity contribution in [3.8, 4) is 5.75 Å². The van der Waals surface area contributed by atoms with E-state index in [-0.39, 0.29) is 11.3 Å². The number of likely N-dealkylation sites (tertiary alicyclic amines) is 2. The number of amides is 1. The van der Waals surface area contributed by atoms with Crippen LogP contribution in [0.2, 0.25) is 0 Å². The van der Waals surface area contributed by atoms with Crippen molar-refractivity contribution in [2.24, 2.45) is 5.41 Å². The first kappa shape index (κ1) is 19.7. The lowest BCUT2D eigenvalue weighted by molar-refractivity contribution is -0.147. The Bertz CT molecular complexity index is 686. The van der Waals surface area contributed by atoms with E-state index in [1.54, 1.807) is 4.90 Å². The summed E-state index contributed by atoms with van der Waals surface area (Å²) in [6.07, 6.45) is 2.45. The molecule has 3 rings (SSSR count). The number of carboxylic acids is 1. The molecule has 0 aliphatic carbocycles. The first-order valence-corrected chi connectivity index (χ1v) is 9.72. The number of carbonyl (C=O) groups excluding carboxylic acids is 1. The number of aryl methyl sites for hydroxylation is 2. The molecule has 2 fully saturated rings. The van der Waals surface area contributed by atoms with E-state index in [0.717, 1.165) is 43.8 Å². The Morgan fingerprint density at radius 2 is 1.96 bits per heavy atom. The molecular formula is C21H30N2O4. The van der Waals surface area contributed by atoms with E-state index in [0.29, 0.717) is 19.6 Å². The van der Waals surface area contributed by atoms with E-state index in [4.69, 9.17) is 4.74 Å². The second kappa shape index (κ2) is 7.89. The molecule has 0 bridgehead atoms. The van der Waals surface area contributed by atoms with Gasteiger partial charge in [-0.1, -0.05) is 17.7 Å². The Hall–Kier alpha value is -2.08. The van der Waals surface area contributed by atoms with Gasteiger partial charge >= 0.3 is 5.97 Å². The van der Waals surface area contributed by atoms with E-state index >= 15 is 0 Å². The molecule has 2 saturated heterocycles. The minimum atomic E-state index is -0.883. The van der Waals surface area contributed by atoms with Crippen LogP contribution in [0.3, 0.4) is 0 Å². The zero-order chi connectivity index (χ0) is 19.6. The van der Waals surface area contributed by atoms with E-state index in [2.05, 4.69) is 30.9 Å². The van der Waals surface area contributed by atoms with E-state index in [1.165, 1.54) is 12.5 Å². The second-order valence-electron chi connectivity index (χ2n) is 8.16. The summed E-state index contributed by atoms with van der Waals surface area (Å²) in [5, 5.41) is 9.44. The molecule has 1 spiro atoms. The summed E-state index contributed by atoms with van der Waals surface area (Å²) in [7, 11) is 0. The van der Waals surface area contributed by atoms with Crippen LogP contribution < -0.4 is 4.74 Å². The number of carbonyl (C=O) groups is 2. The zero-order valence-electron chi connectivity index (χ0n) is 16.5. The molecule has 0 saturated carbocycles. The Morgan fingerprint density at radius 1 is 1.26 bits per heavy atom. The van der Waals surface area contributed by atoms with E-state index in [9.17, 15) is 14.7 Å². The molecule has 1 amide bonds. The molecule has 2 heterocycles. The summed E-state index contributed by atoms with van der Waals surface area (Å²) in [5.74, 6) is -0.0822. The summed E-state index contributed by atoms with van der Waals surface area (Å²) in [6.45, 7) is 9.54. The summed E-state index contributed by atoms with van der Waals surface area (Å²) in [4.78, 5) is 27.2. The number of benzene rings is 1. The topological polar surface area (TPSA) is 70.1 Å². The van der Waals surface area contributed by atoms with Gasteiger partial charge in [0, 0.05) is 20.0 Å². The van der Waals surface area contributed by atoms with Crippen molar-refractivity contribution in [3.05, 3.63) is 29.3 Å². The number of ether oxygens (including phenoxy) is 1. The lowest BCUT2D eigenvalue weighted by Gasteiger charge is -2.39. The van der Waals surface area contributed by atoms with Crippen molar-refractivity contribution in [3.63, 3.8) is 0 Å². The van der Waals surface area contributed by atoms with Crippen LogP contribution in [-0.2, 0) is 9.59 Å². The summed E-state index contributed by atoms with van der Waals surface area (Å²) in [5.41, 5.74) is 2.35. The van der Waals surface area contributed by atoms with Crippen molar-refractivity contribution in [2.45, 2.75) is 46.1 Å². The minimum absolute atomic E-state index is 0.0420. The van der Waals surface area contributed by atoms with Gasteiger partial charge in [0.15, 0.2) is 0 Å². The third kappa shape index (κ3) is 4.43. The third-order valence-corrected chi connectivity index (χ3v) is 6.11. The number of piperidine rings is 1. The second-order valence-corrected chi connectivity index (χ2v) is 8.16. The fraction of sp³-hybridized carbons (Fsp3) is 0.619. The predicted molar refractivity (Wildman–Crippen MR) is 103 cm³/mol. The molecule has 0 radical (unpaired) electrons. The van der Waals surface area contributed by atoms with Gasteiger partial charge in [-0.3, -0.25) is 9.69 Å². The summed E-state index contributed by atoms with van der Waals surface area (Å²) in [6, 6.07) is 5.55. The van der Waals surface area contributed by atoms with Gasteiger partial charge in [-0.2, -0.15) is 0 Å². The third-order valence-electron chi connectivity index (χ3n) is 6.11. The van der Waals surface area contributed by atoms with Gasteiger partial charge in [-0.05, 0) is 63.2 Å². The van der Waals surface area contributed by atoms with Crippen LogP contribution in [0.4, 0.5) is 0 Å². The maximum atomic E-state index is 11.8. The maximum Gasteiger partial charge on any atom is 0.326 e. The highest BCUT2D eigenvalue weighted by molar-refractivity contribution is 5.83. The van der Waals surface area contributed by atoms with Crippen LogP contribution >= 0.6 is 0 Å². The molecule has 148 valence electrons. The normalized spacial score (nSPS) is 22.2. The smallest absolute Gasteiger partial charge is 0.326 e. The van der Waals surface area contributed by atoms with Crippen molar-refractivity contribution < 1.29 is 19.4 Å². The van der Waals surface area contributed by atoms with Gasteiger partial charge in [0.1, 0.15) is 18.4 Å². The van der Waals surface area contributed by atoms with Crippen molar-refractivity contribution in [1.82, 2.24) is 9.80 Å². The lowest BCUT2D eigenvalue weighted by atomic mass is 9.76. The van der Waals surface area contributed by atoms with Gasteiger partial charge in [0.05, 0.1) is 0 Å². The number of hydrogen-bond acceptors (Lipinski definition) is 4. The fourth-order valence-corrected chi connectivity index (χ4v) is 4.47. The molecule has 1 aromatic rings. The maximum absolute atomic E-state index is 11.8. The average Bonchev–Trinajstić information content (AvgIpc) is 2.99. The molecule has 6 heteroatoms. The standard InChI is InChI=1S/C21H30N2O4/c1-15-4-5-19(16(2)12-15)27-11-10-22-8-6-21(7-9-22)13-18(20(25)26)23(14-21)17(3)24/h4-5,12,18H,6-11,13-14H2,1-3H3,(H,25,26)/t18-/m0/s1. The largest absolute Gasteiger partial charge is 0.492 e. The summed E-state index contributed by atoms with van der Waals surface area (Å²) >= 11 is 0. The Labute approximate surface area is 161 Å². The number of nitrogens with zero attached hydrogens (tertiary/aromatic N) is 2. The predicted octanol–water partition coefficient (Wildman–Crippen LogP) is 2.47. The van der Waals surface area contributed by atoms with Crippen molar-refractivity contribution in [1.29, 1.82) is 0 Å². The van der Waals surface area contributed by atoms with Crippen LogP contribution in [0.1, 0.15) is 37.3 Å². The van der Waals surface area contributed by atoms with Crippen molar-refractivity contribution in [2.75, 3.05) is 32.8 Å². The fourth-order valence-electron chi connectivity index (χ4n) is 4.47. The lowest BCUT2D eigenvalue weighted by Crippen LogP contribution is -2.43. The molecule has 27 heavy (non-hydrogen) atoms. The van der Waals surface area contributed by atoms with Crippen LogP contribution in [0, 0.1) is 19.3 Å².